The van der Waals surface area contributed by atoms with Crippen molar-refractivity contribution in [3.8, 4) is 0 Å². The summed E-state index contributed by atoms with van der Waals surface area (Å²) in [5.74, 6) is -1.56. The number of aromatic carboxylic acids is 1. The minimum Gasteiger partial charge on any atom is -0.476 e. The van der Waals surface area contributed by atoms with Crippen LogP contribution in [-0.4, -0.2) is 47.0 Å². The van der Waals surface area contributed by atoms with Crippen molar-refractivity contribution in [2.24, 2.45) is 7.05 Å². The maximum atomic E-state index is 12.2. The van der Waals surface area contributed by atoms with Gasteiger partial charge in [-0.2, -0.15) is 13.5 Å². The fraction of sp³-hybridized carbons (Fsp3) is 0.375. The molecule has 0 amide bonds. The normalized spacial score (nSPS) is 15.7. The van der Waals surface area contributed by atoms with Crippen LogP contribution in [0.25, 0.3) is 0 Å². The summed E-state index contributed by atoms with van der Waals surface area (Å²) in [6.07, 6.45) is 1.12. The largest absolute Gasteiger partial charge is 0.476 e. The van der Waals surface area contributed by atoms with Crippen LogP contribution in [0.1, 0.15) is 34.9 Å². The standard InChI is InChI=1S/C16H18ClN3O6S/c1-19-15(16(21)22)14(13(18-19)10-6-8-26-9-7-10)20(27(23,24)25)12-4-2-11(17)3-5-12/h2-5,10H,6-9H2,1H3,(H,21,22)(H,23,24,25). The minimum absolute atomic E-state index is 0.0470. The quantitative estimate of drug-likeness (QED) is 0.719. The van der Waals surface area contributed by atoms with Gasteiger partial charge >= 0.3 is 16.3 Å². The molecule has 27 heavy (non-hydrogen) atoms. The molecule has 0 spiro atoms. The van der Waals surface area contributed by atoms with Gasteiger partial charge in [-0.25, -0.2) is 9.10 Å². The molecular formula is C16H18ClN3O6S. The van der Waals surface area contributed by atoms with E-state index in [-0.39, 0.29) is 28.7 Å². The van der Waals surface area contributed by atoms with Gasteiger partial charge in [-0.1, -0.05) is 11.6 Å². The Balaban J connectivity index is 2.26. The number of halogens is 1. The van der Waals surface area contributed by atoms with Crippen molar-refractivity contribution in [3.05, 3.63) is 40.7 Å². The summed E-state index contributed by atoms with van der Waals surface area (Å²) in [5.41, 5.74) is -0.192. The summed E-state index contributed by atoms with van der Waals surface area (Å²) in [6.45, 7) is 0.909. The van der Waals surface area contributed by atoms with Gasteiger partial charge in [0.2, 0.25) is 0 Å². The molecule has 0 saturated carbocycles. The Morgan fingerprint density at radius 1 is 1.30 bits per heavy atom. The van der Waals surface area contributed by atoms with Gasteiger partial charge in [-0.15, -0.1) is 0 Å². The summed E-state index contributed by atoms with van der Waals surface area (Å²) in [5, 5.41) is 14.3. The molecule has 0 unspecified atom stereocenters. The number of hydrogen-bond donors (Lipinski definition) is 2. The Bertz CT molecular complexity index is 951. The molecule has 2 heterocycles. The third-order valence-corrected chi connectivity index (χ3v) is 5.46. The number of hydrogen-bond acceptors (Lipinski definition) is 5. The van der Waals surface area contributed by atoms with E-state index >= 15 is 0 Å². The molecule has 1 fully saturated rings. The number of nitrogens with zero attached hydrogens (tertiary/aromatic N) is 3. The fourth-order valence-electron chi connectivity index (χ4n) is 3.17. The molecule has 2 aromatic rings. The lowest BCUT2D eigenvalue weighted by Crippen LogP contribution is -2.28. The number of carboxylic acids is 1. The molecule has 9 nitrogen and oxygen atoms in total. The number of carbonyl (C=O) groups is 1. The number of carboxylic acid groups (broad SMARTS) is 1. The number of aromatic nitrogens is 2. The topological polar surface area (TPSA) is 122 Å². The molecule has 0 atom stereocenters. The zero-order chi connectivity index (χ0) is 19.8. The second kappa shape index (κ2) is 7.47. The number of rotatable bonds is 5. The van der Waals surface area contributed by atoms with Gasteiger partial charge in [0.1, 0.15) is 5.69 Å². The van der Waals surface area contributed by atoms with Crippen molar-refractivity contribution >= 4 is 39.2 Å². The molecule has 146 valence electrons. The smallest absolute Gasteiger partial charge is 0.364 e. The highest BCUT2D eigenvalue weighted by atomic mass is 35.5. The summed E-state index contributed by atoms with van der Waals surface area (Å²) < 4.78 is 41.4. The monoisotopic (exact) mass is 415 g/mol. The minimum atomic E-state index is -4.85. The molecule has 3 rings (SSSR count). The van der Waals surface area contributed by atoms with E-state index in [0.29, 0.717) is 35.4 Å². The van der Waals surface area contributed by atoms with E-state index in [2.05, 4.69) is 5.10 Å². The molecule has 0 radical (unpaired) electrons. The van der Waals surface area contributed by atoms with Crippen molar-refractivity contribution in [2.75, 3.05) is 17.5 Å². The molecule has 1 aromatic carbocycles. The highest BCUT2D eigenvalue weighted by Gasteiger charge is 2.36. The zero-order valence-corrected chi connectivity index (χ0v) is 15.9. The molecule has 1 saturated heterocycles. The summed E-state index contributed by atoms with van der Waals surface area (Å²) in [7, 11) is -3.43. The van der Waals surface area contributed by atoms with Crippen LogP contribution >= 0.6 is 11.6 Å². The Labute approximate surface area is 161 Å². The predicted octanol–water partition coefficient (Wildman–Crippen LogP) is 2.61. The second-order valence-electron chi connectivity index (χ2n) is 6.12. The maximum absolute atomic E-state index is 12.2. The molecule has 0 bridgehead atoms. The van der Waals surface area contributed by atoms with Gasteiger partial charge in [0.25, 0.3) is 0 Å². The molecule has 11 heteroatoms. The molecule has 0 aliphatic carbocycles. The summed E-state index contributed by atoms with van der Waals surface area (Å²) >= 11 is 5.86. The SMILES string of the molecule is Cn1nc(C2CCOCC2)c(N(c2ccc(Cl)cc2)S(=O)(=O)O)c1C(=O)O. The van der Waals surface area contributed by atoms with Crippen molar-refractivity contribution in [3.63, 3.8) is 0 Å². The lowest BCUT2D eigenvalue weighted by Gasteiger charge is -2.26. The van der Waals surface area contributed by atoms with E-state index in [1.807, 2.05) is 0 Å². The van der Waals surface area contributed by atoms with E-state index in [1.165, 1.54) is 31.3 Å². The van der Waals surface area contributed by atoms with Crippen molar-refractivity contribution in [2.45, 2.75) is 18.8 Å². The van der Waals surface area contributed by atoms with Crippen LogP contribution in [0.3, 0.4) is 0 Å². The lowest BCUT2D eigenvalue weighted by molar-refractivity contribution is 0.0686. The Morgan fingerprint density at radius 2 is 1.89 bits per heavy atom. The van der Waals surface area contributed by atoms with Gasteiger partial charge in [-0.3, -0.25) is 9.23 Å². The van der Waals surface area contributed by atoms with Crippen LogP contribution < -0.4 is 4.31 Å². The molecule has 1 aliphatic heterocycles. The van der Waals surface area contributed by atoms with Crippen LogP contribution in [0.15, 0.2) is 24.3 Å². The van der Waals surface area contributed by atoms with Gasteiger partial charge in [0.15, 0.2) is 5.69 Å². The third kappa shape index (κ3) is 3.93. The Kier molecular flexibility index (Phi) is 5.43. The van der Waals surface area contributed by atoms with E-state index in [9.17, 15) is 22.9 Å². The molecule has 1 aliphatic rings. The molecule has 1 aromatic heterocycles. The van der Waals surface area contributed by atoms with Crippen LogP contribution in [0.2, 0.25) is 5.02 Å². The summed E-state index contributed by atoms with van der Waals surface area (Å²) in [4.78, 5) is 11.8. The predicted molar refractivity (Wildman–Crippen MR) is 98.1 cm³/mol. The van der Waals surface area contributed by atoms with Crippen molar-refractivity contribution in [1.29, 1.82) is 0 Å². The highest BCUT2D eigenvalue weighted by molar-refractivity contribution is 7.87. The highest BCUT2D eigenvalue weighted by Crippen LogP contribution is 2.40. The van der Waals surface area contributed by atoms with Crippen molar-refractivity contribution < 1.29 is 27.6 Å². The second-order valence-corrected chi connectivity index (χ2v) is 7.81. The van der Waals surface area contributed by atoms with E-state index in [1.54, 1.807) is 0 Å². The number of anilines is 2. The molecule has 2 N–H and O–H groups in total. The Morgan fingerprint density at radius 3 is 2.41 bits per heavy atom. The van der Waals surface area contributed by atoms with Crippen molar-refractivity contribution in [1.82, 2.24) is 9.78 Å². The van der Waals surface area contributed by atoms with Gasteiger partial charge < -0.3 is 9.84 Å². The fourth-order valence-corrected chi connectivity index (χ4v) is 4.10. The molecular weight excluding hydrogens is 398 g/mol. The van der Waals surface area contributed by atoms with E-state index in [4.69, 9.17) is 16.3 Å². The Hall–Kier alpha value is -2.14. The first-order valence-corrected chi connectivity index (χ1v) is 9.89. The average molecular weight is 416 g/mol. The van der Waals surface area contributed by atoms with Crippen LogP contribution in [-0.2, 0) is 22.1 Å². The number of aryl methyl sites for hydroxylation is 1. The van der Waals surface area contributed by atoms with Gasteiger partial charge in [-0.05, 0) is 37.1 Å². The van der Waals surface area contributed by atoms with E-state index < -0.39 is 16.3 Å². The summed E-state index contributed by atoms with van der Waals surface area (Å²) in [6, 6.07) is 5.64. The lowest BCUT2D eigenvalue weighted by atomic mass is 9.95. The number of benzene rings is 1. The van der Waals surface area contributed by atoms with E-state index in [0.717, 1.165) is 4.68 Å². The zero-order valence-electron chi connectivity index (χ0n) is 14.4. The van der Waals surface area contributed by atoms with Crippen LogP contribution in [0.4, 0.5) is 11.4 Å². The number of ether oxygens (including phenoxy) is 1. The third-order valence-electron chi connectivity index (χ3n) is 4.35. The first kappa shape index (κ1) is 19.6. The maximum Gasteiger partial charge on any atom is 0.364 e. The van der Waals surface area contributed by atoms with Crippen LogP contribution in [0.5, 0.6) is 0 Å². The first-order chi connectivity index (χ1) is 12.7. The van der Waals surface area contributed by atoms with Crippen LogP contribution in [0, 0.1) is 0 Å². The average Bonchev–Trinajstić information content (AvgIpc) is 2.93. The first-order valence-electron chi connectivity index (χ1n) is 8.11. The van der Waals surface area contributed by atoms with Gasteiger partial charge in [0.05, 0.1) is 11.4 Å². The van der Waals surface area contributed by atoms with Gasteiger partial charge in [0, 0.05) is 31.2 Å².